The molecule has 1 heterocycles. The van der Waals surface area contributed by atoms with E-state index in [4.69, 9.17) is 0 Å². The number of rotatable bonds is 1. The van der Waals surface area contributed by atoms with Gasteiger partial charge in [-0.05, 0) is 11.4 Å². The number of aliphatic hydroxyl groups excluding tert-OH is 1. The van der Waals surface area contributed by atoms with Crippen LogP contribution < -0.4 is 0 Å². The predicted octanol–water partition coefficient (Wildman–Crippen LogP) is 3.14. The van der Waals surface area contributed by atoms with Gasteiger partial charge in [-0.15, -0.1) is 11.3 Å². The molecule has 0 saturated carbocycles. The van der Waals surface area contributed by atoms with Crippen molar-refractivity contribution in [3.63, 3.8) is 0 Å². The average Bonchev–Trinajstić information content (AvgIpc) is 2.77. The quantitative estimate of drug-likeness (QED) is 0.652. The maximum absolute atomic E-state index is 9.70. The molecule has 1 N–H and O–H groups in total. The Balaban J connectivity index is 2.42. The molecule has 0 fully saturated rings. The van der Waals surface area contributed by atoms with Crippen molar-refractivity contribution in [3.05, 3.63) is 52.3 Å². The normalized spacial score (nSPS) is 14.2. The standard InChI is InChI=1S/C10H8OS/c11-10(8-4-1-2-5-8)9-6-3-7-12-9/h1-7,11H. The Morgan fingerprint density at radius 1 is 1.25 bits per heavy atom. The average molecular weight is 176 g/mol. The fourth-order valence-electron chi connectivity index (χ4n) is 1.09. The number of allylic oxidation sites excluding steroid dienone is 5. The van der Waals surface area contributed by atoms with Crippen LogP contribution in [0.5, 0.6) is 0 Å². The van der Waals surface area contributed by atoms with E-state index >= 15 is 0 Å². The Morgan fingerprint density at radius 3 is 2.58 bits per heavy atom. The molecule has 1 nitrogen and oxygen atoms in total. The van der Waals surface area contributed by atoms with Crippen LogP contribution in [0.4, 0.5) is 0 Å². The number of hydrogen-bond acceptors (Lipinski definition) is 2. The summed E-state index contributed by atoms with van der Waals surface area (Å²) in [5.41, 5.74) is 0.887. The van der Waals surface area contributed by atoms with Gasteiger partial charge in [-0.2, -0.15) is 0 Å². The summed E-state index contributed by atoms with van der Waals surface area (Å²) >= 11 is 1.54. The van der Waals surface area contributed by atoms with Gasteiger partial charge >= 0.3 is 0 Å². The second-order valence-corrected chi connectivity index (χ2v) is 3.45. The first-order chi connectivity index (χ1) is 5.88. The minimum Gasteiger partial charge on any atom is -0.506 e. The van der Waals surface area contributed by atoms with Gasteiger partial charge < -0.3 is 5.11 Å². The predicted molar refractivity (Wildman–Crippen MR) is 52.1 cm³/mol. The van der Waals surface area contributed by atoms with Crippen molar-refractivity contribution in [1.29, 1.82) is 0 Å². The zero-order valence-electron chi connectivity index (χ0n) is 6.40. The van der Waals surface area contributed by atoms with Crippen LogP contribution in [-0.2, 0) is 0 Å². The summed E-state index contributed by atoms with van der Waals surface area (Å²) in [5, 5.41) is 11.6. The van der Waals surface area contributed by atoms with Crippen LogP contribution in [-0.4, -0.2) is 5.11 Å². The first-order valence-corrected chi connectivity index (χ1v) is 4.58. The van der Waals surface area contributed by atoms with Gasteiger partial charge in [-0.25, -0.2) is 0 Å². The Hall–Kier alpha value is -1.28. The monoisotopic (exact) mass is 176 g/mol. The number of hydrogen-bond donors (Lipinski definition) is 1. The molecule has 0 saturated heterocycles. The lowest BCUT2D eigenvalue weighted by molar-refractivity contribution is 0.511. The zero-order chi connectivity index (χ0) is 8.39. The molecule has 0 aromatic carbocycles. The smallest absolute Gasteiger partial charge is 0.139 e. The maximum atomic E-state index is 9.70. The molecule has 1 aromatic heterocycles. The van der Waals surface area contributed by atoms with Crippen molar-refractivity contribution in [2.24, 2.45) is 0 Å². The van der Waals surface area contributed by atoms with Gasteiger partial charge in [-0.1, -0.05) is 30.4 Å². The molecule has 0 spiro atoms. The lowest BCUT2D eigenvalue weighted by atomic mass is 10.2. The van der Waals surface area contributed by atoms with Crippen molar-refractivity contribution >= 4 is 17.1 Å². The molecule has 1 aliphatic carbocycles. The Labute approximate surface area is 75.0 Å². The SMILES string of the molecule is OC(=C1C=CC=C1)c1cccs1. The molecule has 0 atom stereocenters. The second kappa shape index (κ2) is 2.99. The van der Waals surface area contributed by atoms with Crippen molar-refractivity contribution in [3.8, 4) is 0 Å². The molecule has 0 unspecified atom stereocenters. The molecule has 1 aliphatic rings. The van der Waals surface area contributed by atoms with E-state index in [1.807, 2.05) is 41.8 Å². The molecule has 0 aliphatic heterocycles. The summed E-state index contributed by atoms with van der Waals surface area (Å²) < 4.78 is 0. The first-order valence-electron chi connectivity index (χ1n) is 3.70. The van der Waals surface area contributed by atoms with Gasteiger partial charge in [0.05, 0.1) is 4.88 Å². The van der Waals surface area contributed by atoms with E-state index in [-0.39, 0.29) is 0 Å². The van der Waals surface area contributed by atoms with Gasteiger partial charge in [-0.3, -0.25) is 0 Å². The molecular weight excluding hydrogens is 168 g/mol. The van der Waals surface area contributed by atoms with Gasteiger partial charge in [0.25, 0.3) is 0 Å². The van der Waals surface area contributed by atoms with Gasteiger partial charge in [0.15, 0.2) is 0 Å². The summed E-state index contributed by atoms with van der Waals surface area (Å²) in [6.07, 6.45) is 7.63. The maximum Gasteiger partial charge on any atom is 0.139 e. The highest BCUT2D eigenvalue weighted by Crippen LogP contribution is 2.23. The van der Waals surface area contributed by atoms with E-state index in [1.54, 1.807) is 11.3 Å². The van der Waals surface area contributed by atoms with E-state index < -0.39 is 0 Å². The summed E-state index contributed by atoms with van der Waals surface area (Å²) in [6.45, 7) is 0. The fourth-order valence-corrected chi connectivity index (χ4v) is 1.78. The third-order valence-corrected chi connectivity index (χ3v) is 2.57. The first kappa shape index (κ1) is 7.37. The Kier molecular flexibility index (Phi) is 1.84. The third kappa shape index (κ3) is 1.21. The zero-order valence-corrected chi connectivity index (χ0v) is 7.21. The largest absolute Gasteiger partial charge is 0.506 e. The van der Waals surface area contributed by atoms with Gasteiger partial charge in [0.1, 0.15) is 5.76 Å². The topological polar surface area (TPSA) is 20.2 Å². The van der Waals surface area contributed by atoms with Crippen LogP contribution in [0.3, 0.4) is 0 Å². The lowest BCUT2D eigenvalue weighted by Gasteiger charge is -1.96. The minimum absolute atomic E-state index is 0.370. The summed E-state index contributed by atoms with van der Waals surface area (Å²) in [5.74, 6) is 0.370. The van der Waals surface area contributed by atoms with Crippen LogP contribution in [0.15, 0.2) is 47.4 Å². The van der Waals surface area contributed by atoms with Crippen LogP contribution >= 0.6 is 11.3 Å². The molecule has 0 bridgehead atoms. The molecule has 0 amide bonds. The van der Waals surface area contributed by atoms with Crippen molar-refractivity contribution in [1.82, 2.24) is 0 Å². The van der Waals surface area contributed by atoms with E-state index in [0.717, 1.165) is 10.5 Å². The van der Waals surface area contributed by atoms with E-state index in [1.165, 1.54) is 0 Å². The van der Waals surface area contributed by atoms with Crippen molar-refractivity contribution in [2.75, 3.05) is 0 Å². The lowest BCUT2D eigenvalue weighted by Crippen LogP contribution is -1.80. The molecule has 60 valence electrons. The summed E-state index contributed by atoms with van der Waals surface area (Å²) in [7, 11) is 0. The summed E-state index contributed by atoms with van der Waals surface area (Å²) in [6, 6.07) is 3.84. The second-order valence-electron chi connectivity index (χ2n) is 2.50. The highest BCUT2D eigenvalue weighted by molar-refractivity contribution is 7.11. The minimum atomic E-state index is 0.370. The van der Waals surface area contributed by atoms with Crippen LogP contribution in [0.25, 0.3) is 5.76 Å². The Morgan fingerprint density at radius 2 is 2.00 bits per heavy atom. The van der Waals surface area contributed by atoms with Gasteiger partial charge in [0, 0.05) is 5.57 Å². The fraction of sp³-hybridized carbons (Fsp3) is 0. The molecule has 12 heavy (non-hydrogen) atoms. The summed E-state index contributed by atoms with van der Waals surface area (Å²) in [4.78, 5) is 0.918. The highest BCUT2D eigenvalue weighted by atomic mass is 32.1. The van der Waals surface area contributed by atoms with E-state index in [9.17, 15) is 5.11 Å². The molecule has 2 rings (SSSR count). The third-order valence-electron chi connectivity index (χ3n) is 1.69. The molecular formula is C10H8OS. The number of thiophene rings is 1. The van der Waals surface area contributed by atoms with Crippen molar-refractivity contribution in [2.45, 2.75) is 0 Å². The molecule has 2 heteroatoms. The van der Waals surface area contributed by atoms with Crippen LogP contribution in [0.1, 0.15) is 4.88 Å². The van der Waals surface area contributed by atoms with Crippen molar-refractivity contribution < 1.29 is 5.11 Å². The van der Waals surface area contributed by atoms with Gasteiger partial charge in [0.2, 0.25) is 0 Å². The highest BCUT2D eigenvalue weighted by Gasteiger charge is 2.05. The van der Waals surface area contributed by atoms with Crippen LogP contribution in [0.2, 0.25) is 0 Å². The molecule has 1 aromatic rings. The number of aliphatic hydroxyl groups is 1. The van der Waals surface area contributed by atoms with E-state index in [2.05, 4.69) is 0 Å². The van der Waals surface area contributed by atoms with Crippen LogP contribution in [0, 0.1) is 0 Å². The molecule has 0 radical (unpaired) electrons. The Bertz CT molecular complexity index is 341. The van der Waals surface area contributed by atoms with E-state index in [0.29, 0.717) is 5.76 Å².